The Bertz CT molecular complexity index is 314. The van der Waals surface area contributed by atoms with Crippen molar-refractivity contribution in [2.45, 2.75) is 18.9 Å². The van der Waals surface area contributed by atoms with Gasteiger partial charge < -0.3 is 10.5 Å². The van der Waals surface area contributed by atoms with Crippen molar-refractivity contribution >= 4 is 22.6 Å². The van der Waals surface area contributed by atoms with Gasteiger partial charge in [-0.15, -0.1) is 0 Å². The topological polar surface area (TPSA) is 35.2 Å². The molecule has 0 fully saturated rings. The molecule has 0 spiro atoms. The molecule has 13 heavy (non-hydrogen) atoms. The molecular weight excluding hydrogens is 277 g/mol. The lowest BCUT2D eigenvalue weighted by Gasteiger charge is -2.11. The lowest BCUT2D eigenvalue weighted by Crippen LogP contribution is -2.09. The van der Waals surface area contributed by atoms with Gasteiger partial charge in [0.1, 0.15) is 5.75 Å². The molecule has 0 aromatic heterocycles. The van der Waals surface area contributed by atoms with Crippen LogP contribution in [0.1, 0.15) is 24.4 Å². The Balaban J connectivity index is 2.43. The predicted octanol–water partition coefficient (Wildman–Crippen LogP) is 2.46. The van der Waals surface area contributed by atoms with Crippen molar-refractivity contribution in [3.05, 3.63) is 27.3 Å². The van der Waals surface area contributed by atoms with E-state index in [1.807, 2.05) is 6.07 Å². The predicted molar refractivity (Wildman–Crippen MR) is 60.8 cm³/mol. The van der Waals surface area contributed by atoms with Crippen molar-refractivity contribution in [2.24, 2.45) is 5.73 Å². The SMILES string of the molecule is N[C@@H]1CCCOc2ccc(I)cc21. The van der Waals surface area contributed by atoms with Gasteiger partial charge in [-0.05, 0) is 53.6 Å². The number of benzene rings is 1. The van der Waals surface area contributed by atoms with Crippen molar-refractivity contribution in [2.75, 3.05) is 6.61 Å². The molecule has 0 saturated heterocycles. The maximum Gasteiger partial charge on any atom is 0.124 e. The van der Waals surface area contributed by atoms with Crippen LogP contribution < -0.4 is 10.5 Å². The van der Waals surface area contributed by atoms with Crippen LogP contribution in [0.4, 0.5) is 0 Å². The summed E-state index contributed by atoms with van der Waals surface area (Å²) in [5.41, 5.74) is 7.19. The van der Waals surface area contributed by atoms with E-state index in [1.54, 1.807) is 0 Å². The van der Waals surface area contributed by atoms with E-state index in [-0.39, 0.29) is 6.04 Å². The maximum absolute atomic E-state index is 6.03. The molecule has 2 rings (SSSR count). The van der Waals surface area contributed by atoms with E-state index >= 15 is 0 Å². The fourth-order valence-electron chi connectivity index (χ4n) is 1.58. The molecular formula is C10H12INO. The maximum atomic E-state index is 6.03. The smallest absolute Gasteiger partial charge is 0.124 e. The average molecular weight is 289 g/mol. The van der Waals surface area contributed by atoms with Gasteiger partial charge in [-0.1, -0.05) is 0 Å². The molecule has 1 aromatic carbocycles. The third kappa shape index (κ3) is 1.96. The van der Waals surface area contributed by atoms with Crippen LogP contribution in [0.15, 0.2) is 18.2 Å². The number of halogens is 1. The Kier molecular flexibility index (Phi) is 2.74. The Labute approximate surface area is 91.6 Å². The Morgan fingerprint density at radius 2 is 2.31 bits per heavy atom. The van der Waals surface area contributed by atoms with E-state index in [9.17, 15) is 0 Å². The highest BCUT2D eigenvalue weighted by molar-refractivity contribution is 14.1. The molecule has 1 atom stereocenters. The number of rotatable bonds is 0. The van der Waals surface area contributed by atoms with Crippen molar-refractivity contribution < 1.29 is 4.74 Å². The van der Waals surface area contributed by atoms with Crippen LogP contribution in [0, 0.1) is 3.57 Å². The quantitative estimate of drug-likeness (QED) is 0.745. The van der Waals surface area contributed by atoms with Crippen molar-refractivity contribution in [1.82, 2.24) is 0 Å². The van der Waals surface area contributed by atoms with E-state index in [2.05, 4.69) is 34.7 Å². The molecule has 1 heterocycles. The average Bonchev–Trinajstić information content (AvgIpc) is 2.29. The fraction of sp³-hybridized carbons (Fsp3) is 0.400. The molecule has 1 aromatic rings. The number of hydrogen-bond donors (Lipinski definition) is 1. The van der Waals surface area contributed by atoms with E-state index in [0.29, 0.717) is 0 Å². The summed E-state index contributed by atoms with van der Waals surface area (Å²) in [6.45, 7) is 0.793. The summed E-state index contributed by atoms with van der Waals surface area (Å²) in [5, 5.41) is 0. The summed E-state index contributed by atoms with van der Waals surface area (Å²) >= 11 is 2.30. The summed E-state index contributed by atoms with van der Waals surface area (Å²) in [6, 6.07) is 6.33. The third-order valence-corrected chi connectivity index (χ3v) is 2.96. The minimum atomic E-state index is 0.146. The van der Waals surface area contributed by atoms with E-state index < -0.39 is 0 Å². The number of hydrogen-bond acceptors (Lipinski definition) is 2. The summed E-state index contributed by atoms with van der Waals surface area (Å²) in [4.78, 5) is 0. The Morgan fingerprint density at radius 1 is 1.46 bits per heavy atom. The first-order valence-electron chi connectivity index (χ1n) is 4.45. The van der Waals surface area contributed by atoms with Gasteiger partial charge in [-0.3, -0.25) is 0 Å². The first-order valence-corrected chi connectivity index (χ1v) is 5.53. The molecule has 3 heteroatoms. The Hall–Kier alpha value is -0.290. The van der Waals surface area contributed by atoms with Crippen LogP contribution in [-0.4, -0.2) is 6.61 Å². The fourth-order valence-corrected chi connectivity index (χ4v) is 2.10. The van der Waals surface area contributed by atoms with Gasteiger partial charge in [0.25, 0.3) is 0 Å². The molecule has 0 radical (unpaired) electrons. The lowest BCUT2D eigenvalue weighted by atomic mass is 10.0. The number of ether oxygens (including phenoxy) is 1. The van der Waals surface area contributed by atoms with Crippen molar-refractivity contribution in [3.8, 4) is 5.75 Å². The van der Waals surface area contributed by atoms with Gasteiger partial charge in [0.2, 0.25) is 0 Å². The van der Waals surface area contributed by atoms with Gasteiger partial charge in [0.05, 0.1) is 6.61 Å². The molecule has 2 N–H and O–H groups in total. The minimum absolute atomic E-state index is 0.146. The summed E-state index contributed by atoms with van der Waals surface area (Å²) in [5.74, 6) is 0.963. The second-order valence-corrected chi connectivity index (χ2v) is 4.52. The minimum Gasteiger partial charge on any atom is -0.493 e. The zero-order valence-corrected chi connectivity index (χ0v) is 9.45. The molecule has 0 saturated carbocycles. The van der Waals surface area contributed by atoms with Crippen LogP contribution in [0.25, 0.3) is 0 Å². The summed E-state index contributed by atoms with van der Waals surface area (Å²) < 4.78 is 6.81. The molecule has 0 amide bonds. The standard InChI is InChI=1S/C10H12INO/c11-7-3-4-10-8(6-7)9(12)2-1-5-13-10/h3-4,6,9H,1-2,5,12H2/t9-/m1/s1. The van der Waals surface area contributed by atoms with E-state index in [4.69, 9.17) is 10.5 Å². The highest BCUT2D eigenvalue weighted by Gasteiger charge is 2.15. The summed E-state index contributed by atoms with van der Waals surface area (Å²) in [6.07, 6.45) is 2.07. The van der Waals surface area contributed by atoms with Crippen molar-refractivity contribution in [1.29, 1.82) is 0 Å². The van der Waals surface area contributed by atoms with Gasteiger partial charge in [-0.25, -0.2) is 0 Å². The molecule has 0 aliphatic carbocycles. The lowest BCUT2D eigenvalue weighted by molar-refractivity contribution is 0.316. The van der Waals surface area contributed by atoms with Crippen molar-refractivity contribution in [3.63, 3.8) is 0 Å². The van der Waals surface area contributed by atoms with E-state index in [0.717, 1.165) is 30.8 Å². The number of fused-ring (bicyclic) bond motifs is 1. The number of nitrogens with two attached hydrogens (primary N) is 1. The second-order valence-electron chi connectivity index (χ2n) is 3.28. The molecule has 2 nitrogen and oxygen atoms in total. The Morgan fingerprint density at radius 3 is 3.15 bits per heavy atom. The van der Waals surface area contributed by atoms with Crippen LogP contribution in [0.5, 0.6) is 5.75 Å². The third-order valence-electron chi connectivity index (χ3n) is 2.29. The second kappa shape index (κ2) is 3.84. The monoisotopic (exact) mass is 289 g/mol. The summed E-state index contributed by atoms with van der Waals surface area (Å²) in [7, 11) is 0. The zero-order valence-electron chi connectivity index (χ0n) is 7.29. The first kappa shape index (κ1) is 9.27. The molecule has 70 valence electrons. The van der Waals surface area contributed by atoms with E-state index in [1.165, 1.54) is 3.57 Å². The zero-order chi connectivity index (χ0) is 9.26. The molecule has 0 bridgehead atoms. The first-order chi connectivity index (χ1) is 6.27. The van der Waals surface area contributed by atoms with Crippen LogP contribution >= 0.6 is 22.6 Å². The van der Waals surface area contributed by atoms with Gasteiger partial charge in [0.15, 0.2) is 0 Å². The normalized spacial score (nSPS) is 21.5. The van der Waals surface area contributed by atoms with Gasteiger partial charge >= 0.3 is 0 Å². The van der Waals surface area contributed by atoms with Crippen LogP contribution in [0.3, 0.4) is 0 Å². The highest BCUT2D eigenvalue weighted by atomic mass is 127. The highest BCUT2D eigenvalue weighted by Crippen LogP contribution is 2.30. The van der Waals surface area contributed by atoms with Crippen LogP contribution in [-0.2, 0) is 0 Å². The molecule has 1 aliphatic rings. The van der Waals surface area contributed by atoms with Gasteiger partial charge in [0, 0.05) is 15.2 Å². The largest absolute Gasteiger partial charge is 0.493 e. The molecule has 0 unspecified atom stereocenters. The molecule has 1 aliphatic heterocycles. The van der Waals surface area contributed by atoms with Gasteiger partial charge in [-0.2, -0.15) is 0 Å². The van der Waals surface area contributed by atoms with Crippen LogP contribution in [0.2, 0.25) is 0 Å².